The Hall–Kier alpha value is -0.650. The third-order valence-corrected chi connectivity index (χ3v) is 2.69. The number of hydrogen-bond donors (Lipinski definition) is 3. The molecule has 0 spiro atoms. The molecule has 0 aromatic carbocycles. The average molecular weight is 246 g/mol. The van der Waals surface area contributed by atoms with E-state index < -0.39 is 11.6 Å². The van der Waals surface area contributed by atoms with Gasteiger partial charge in [-0.25, -0.2) is 0 Å². The number of carbonyl (C=O) groups excluding carboxylic acids is 1. The highest BCUT2D eigenvalue weighted by Gasteiger charge is 2.22. The van der Waals surface area contributed by atoms with Crippen LogP contribution in [0.2, 0.25) is 0 Å². The highest BCUT2D eigenvalue weighted by Crippen LogP contribution is 2.07. The molecule has 5 heteroatoms. The van der Waals surface area contributed by atoms with Crippen molar-refractivity contribution < 1.29 is 14.6 Å². The number of carbonyl (C=O) groups is 1. The molecule has 0 fully saturated rings. The summed E-state index contributed by atoms with van der Waals surface area (Å²) >= 11 is 0. The number of nitrogens with two attached hydrogens (primary N) is 1. The summed E-state index contributed by atoms with van der Waals surface area (Å²) in [5.74, 6) is -0.198. The van der Waals surface area contributed by atoms with E-state index in [0.717, 1.165) is 12.8 Å². The van der Waals surface area contributed by atoms with Gasteiger partial charge in [0, 0.05) is 26.7 Å². The van der Waals surface area contributed by atoms with Gasteiger partial charge in [0.25, 0.3) is 0 Å². The molecule has 5 nitrogen and oxygen atoms in total. The van der Waals surface area contributed by atoms with Crippen LogP contribution in [-0.2, 0) is 9.53 Å². The highest BCUT2D eigenvalue weighted by atomic mass is 16.5. The molecule has 0 bridgehead atoms. The van der Waals surface area contributed by atoms with Crippen LogP contribution in [0.3, 0.4) is 0 Å². The van der Waals surface area contributed by atoms with Crippen LogP contribution in [0, 0.1) is 0 Å². The molecular formula is C12H26N2O3. The van der Waals surface area contributed by atoms with Gasteiger partial charge >= 0.3 is 0 Å². The molecule has 0 aromatic heterocycles. The molecule has 0 rings (SSSR count). The molecule has 0 saturated heterocycles. The summed E-state index contributed by atoms with van der Waals surface area (Å²) in [7, 11) is 1.58. The van der Waals surface area contributed by atoms with Crippen LogP contribution in [0.15, 0.2) is 0 Å². The standard InChI is InChI=1S/C12H26N2O3/c1-4-5-6-10(13)11(15)14-9-12(2,16)7-8-17-3/h10,16H,4-9,13H2,1-3H3,(H,14,15). The van der Waals surface area contributed by atoms with Gasteiger partial charge in [-0.1, -0.05) is 19.8 Å². The van der Waals surface area contributed by atoms with Crippen molar-refractivity contribution in [2.24, 2.45) is 5.73 Å². The van der Waals surface area contributed by atoms with Crippen LogP contribution >= 0.6 is 0 Å². The predicted octanol–water partition coefficient (Wildman–Crippen LogP) is 0.408. The number of nitrogens with one attached hydrogen (secondary N) is 1. The van der Waals surface area contributed by atoms with Crippen LogP contribution in [0.4, 0.5) is 0 Å². The second-order valence-corrected chi connectivity index (χ2v) is 4.71. The maximum absolute atomic E-state index is 11.6. The second-order valence-electron chi connectivity index (χ2n) is 4.71. The largest absolute Gasteiger partial charge is 0.388 e. The Morgan fingerprint density at radius 3 is 2.76 bits per heavy atom. The van der Waals surface area contributed by atoms with Gasteiger partial charge in [0.15, 0.2) is 0 Å². The molecule has 17 heavy (non-hydrogen) atoms. The third kappa shape index (κ3) is 8.12. The first-order valence-electron chi connectivity index (χ1n) is 6.17. The summed E-state index contributed by atoms with van der Waals surface area (Å²) in [6, 6.07) is -0.479. The Kier molecular flexibility index (Phi) is 8.12. The van der Waals surface area contributed by atoms with Gasteiger partial charge in [0.05, 0.1) is 11.6 Å². The lowest BCUT2D eigenvalue weighted by molar-refractivity contribution is -0.123. The summed E-state index contributed by atoms with van der Waals surface area (Å²) < 4.78 is 4.89. The number of unbranched alkanes of at least 4 members (excludes halogenated alkanes) is 1. The third-order valence-electron chi connectivity index (χ3n) is 2.69. The molecular weight excluding hydrogens is 220 g/mol. The first-order valence-corrected chi connectivity index (χ1v) is 6.17. The zero-order valence-corrected chi connectivity index (χ0v) is 11.2. The quantitative estimate of drug-likeness (QED) is 0.550. The van der Waals surface area contributed by atoms with Crippen molar-refractivity contribution in [2.75, 3.05) is 20.3 Å². The zero-order chi connectivity index (χ0) is 13.3. The predicted molar refractivity (Wildman–Crippen MR) is 67.6 cm³/mol. The summed E-state index contributed by atoms with van der Waals surface area (Å²) in [5, 5.41) is 12.6. The molecule has 0 heterocycles. The van der Waals surface area contributed by atoms with Crippen LogP contribution in [0.5, 0.6) is 0 Å². The number of ether oxygens (including phenoxy) is 1. The Labute approximate surface area is 104 Å². The fourth-order valence-electron chi connectivity index (χ4n) is 1.37. The molecule has 0 radical (unpaired) electrons. The molecule has 1 amide bonds. The zero-order valence-electron chi connectivity index (χ0n) is 11.2. The van der Waals surface area contributed by atoms with Crippen molar-refractivity contribution in [3.63, 3.8) is 0 Å². The van der Waals surface area contributed by atoms with Crippen LogP contribution < -0.4 is 11.1 Å². The molecule has 102 valence electrons. The lowest BCUT2D eigenvalue weighted by atomic mass is 10.0. The normalized spacial score (nSPS) is 16.3. The van der Waals surface area contributed by atoms with E-state index in [-0.39, 0.29) is 12.5 Å². The van der Waals surface area contributed by atoms with Gasteiger partial charge < -0.3 is 20.9 Å². The maximum atomic E-state index is 11.6. The SMILES string of the molecule is CCCCC(N)C(=O)NCC(C)(O)CCOC. The van der Waals surface area contributed by atoms with E-state index in [9.17, 15) is 9.90 Å². The van der Waals surface area contributed by atoms with Crippen molar-refractivity contribution in [1.29, 1.82) is 0 Å². The first-order chi connectivity index (χ1) is 7.93. The molecule has 0 saturated carbocycles. The highest BCUT2D eigenvalue weighted by molar-refractivity contribution is 5.81. The van der Waals surface area contributed by atoms with Crippen molar-refractivity contribution >= 4 is 5.91 Å². The van der Waals surface area contributed by atoms with Gasteiger partial charge in [0.2, 0.25) is 5.91 Å². The fourth-order valence-corrected chi connectivity index (χ4v) is 1.37. The van der Waals surface area contributed by atoms with E-state index in [0.29, 0.717) is 19.4 Å². The minimum absolute atomic E-state index is 0.198. The molecule has 4 N–H and O–H groups in total. The minimum atomic E-state index is -0.948. The summed E-state index contributed by atoms with van der Waals surface area (Å²) in [6.07, 6.45) is 3.12. The van der Waals surface area contributed by atoms with E-state index in [1.54, 1.807) is 14.0 Å². The van der Waals surface area contributed by atoms with Crippen LogP contribution in [-0.4, -0.2) is 42.9 Å². The van der Waals surface area contributed by atoms with Gasteiger partial charge in [-0.05, 0) is 13.3 Å². The monoisotopic (exact) mass is 246 g/mol. The Morgan fingerprint density at radius 2 is 2.24 bits per heavy atom. The van der Waals surface area contributed by atoms with E-state index in [1.165, 1.54) is 0 Å². The molecule has 0 aromatic rings. The summed E-state index contributed by atoms with van der Waals surface area (Å²) in [5.41, 5.74) is 4.77. The number of rotatable bonds is 9. The average Bonchev–Trinajstić information content (AvgIpc) is 2.30. The fraction of sp³-hybridized carbons (Fsp3) is 0.917. The van der Waals surface area contributed by atoms with Crippen LogP contribution in [0.1, 0.15) is 39.5 Å². The van der Waals surface area contributed by atoms with E-state index in [2.05, 4.69) is 12.2 Å². The molecule has 2 unspecified atom stereocenters. The topological polar surface area (TPSA) is 84.6 Å². The van der Waals surface area contributed by atoms with Gasteiger partial charge in [-0.15, -0.1) is 0 Å². The Morgan fingerprint density at radius 1 is 1.59 bits per heavy atom. The van der Waals surface area contributed by atoms with Gasteiger partial charge in [-0.2, -0.15) is 0 Å². The molecule has 0 aliphatic heterocycles. The smallest absolute Gasteiger partial charge is 0.237 e. The second kappa shape index (κ2) is 8.44. The van der Waals surface area contributed by atoms with Crippen LogP contribution in [0.25, 0.3) is 0 Å². The molecule has 0 aliphatic carbocycles. The lowest BCUT2D eigenvalue weighted by Gasteiger charge is -2.24. The van der Waals surface area contributed by atoms with Crippen molar-refractivity contribution in [2.45, 2.75) is 51.2 Å². The minimum Gasteiger partial charge on any atom is -0.388 e. The maximum Gasteiger partial charge on any atom is 0.237 e. The number of aliphatic hydroxyl groups is 1. The van der Waals surface area contributed by atoms with Gasteiger partial charge in [0.1, 0.15) is 0 Å². The van der Waals surface area contributed by atoms with E-state index in [4.69, 9.17) is 10.5 Å². The number of amides is 1. The summed E-state index contributed by atoms with van der Waals surface area (Å²) in [6.45, 7) is 4.39. The molecule has 2 atom stereocenters. The Bertz CT molecular complexity index is 220. The lowest BCUT2D eigenvalue weighted by Crippen LogP contribution is -2.47. The molecule has 0 aliphatic rings. The van der Waals surface area contributed by atoms with Crippen molar-refractivity contribution in [1.82, 2.24) is 5.32 Å². The van der Waals surface area contributed by atoms with Crippen molar-refractivity contribution in [3.8, 4) is 0 Å². The van der Waals surface area contributed by atoms with E-state index in [1.807, 2.05) is 0 Å². The number of hydrogen-bond acceptors (Lipinski definition) is 4. The first kappa shape index (κ1) is 16.4. The number of methoxy groups -OCH3 is 1. The van der Waals surface area contributed by atoms with Gasteiger partial charge in [-0.3, -0.25) is 4.79 Å². The Balaban J connectivity index is 3.88. The van der Waals surface area contributed by atoms with E-state index >= 15 is 0 Å². The summed E-state index contributed by atoms with van der Waals surface area (Å²) in [4.78, 5) is 11.6. The van der Waals surface area contributed by atoms with Crippen molar-refractivity contribution in [3.05, 3.63) is 0 Å².